The fraction of sp³-hybridized carbons (Fsp3) is 0.375. The van der Waals surface area contributed by atoms with Gasteiger partial charge >= 0.3 is 5.97 Å². The van der Waals surface area contributed by atoms with Crippen LogP contribution in [0.5, 0.6) is 0 Å². The molecule has 2 N–H and O–H groups in total. The maximum Gasteiger partial charge on any atom is 0.337 e. The number of thiocarbonyl (C=S) groups is 1. The molecule has 0 spiro atoms. The maximum atomic E-state index is 12.0. The molecule has 0 saturated carbocycles. The highest BCUT2D eigenvalue weighted by Crippen LogP contribution is 2.28. The van der Waals surface area contributed by atoms with E-state index >= 15 is 0 Å². The predicted molar refractivity (Wildman–Crippen MR) is 86.9 cm³/mol. The number of rotatable bonds is 3. The number of carbonyl (C=O) groups is 1. The van der Waals surface area contributed by atoms with Crippen molar-refractivity contribution in [3.63, 3.8) is 0 Å². The minimum atomic E-state index is -0.354. The average molecular weight is 304 g/mol. The Morgan fingerprint density at radius 1 is 1.29 bits per heavy atom. The first-order valence-electron chi connectivity index (χ1n) is 6.90. The SMILES string of the molecule is COC(=O)C1=C(C)NC(=S)N[C@@H]1c1ccc(C(C)C)cc1. The van der Waals surface area contributed by atoms with E-state index in [1.54, 1.807) is 0 Å². The van der Waals surface area contributed by atoms with Gasteiger partial charge in [0.05, 0.1) is 18.7 Å². The van der Waals surface area contributed by atoms with Crippen molar-refractivity contribution in [2.75, 3.05) is 7.11 Å². The van der Waals surface area contributed by atoms with Crippen molar-refractivity contribution in [1.29, 1.82) is 0 Å². The molecule has 1 aromatic rings. The van der Waals surface area contributed by atoms with Gasteiger partial charge in [0.2, 0.25) is 0 Å². The molecule has 0 bridgehead atoms. The minimum Gasteiger partial charge on any atom is -0.466 e. The Labute approximate surface area is 130 Å². The van der Waals surface area contributed by atoms with Crippen molar-refractivity contribution >= 4 is 23.3 Å². The summed E-state index contributed by atoms with van der Waals surface area (Å²) in [4.78, 5) is 12.0. The van der Waals surface area contributed by atoms with E-state index in [-0.39, 0.29) is 12.0 Å². The normalized spacial score (nSPS) is 18.3. The van der Waals surface area contributed by atoms with E-state index in [2.05, 4.69) is 36.6 Å². The van der Waals surface area contributed by atoms with Gasteiger partial charge in [0.15, 0.2) is 5.11 Å². The molecule has 1 aromatic carbocycles. The molecule has 0 aromatic heterocycles. The van der Waals surface area contributed by atoms with Crippen LogP contribution in [0.2, 0.25) is 0 Å². The molecule has 112 valence electrons. The molecule has 1 atom stereocenters. The Bertz CT molecular complexity index is 591. The second kappa shape index (κ2) is 6.26. The van der Waals surface area contributed by atoms with Crippen LogP contribution in [0.1, 0.15) is 43.9 Å². The number of ether oxygens (including phenoxy) is 1. The first kappa shape index (κ1) is 15.5. The molecule has 4 nitrogen and oxygen atoms in total. The maximum absolute atomic E-state index is 12.0. The van der Waals surface area contributed by atoms with Crippen molar-refractivity contribution in [2.24, 2.45) is 0 Å². The molecule has 1 heterocycles. The van der Waals surface area contributed by atoms with Crippen molar-refractivity contribution < 1.29 is 9.53 Å². The molecule has 2 rings (SSSR count). The Morgan fingerprint density at radius 2 is 1.90 bits per heavy atom. The van der Waals surface area contributed by atoms with Crippen LogP contribution in [0, 0.1) is 0 Å². The van der Waals surface area contributed by atoms with E-state index in [0.717, 1.165) is 11.3 Å². The predicted octanol–water partition coefficient (Wildman–Crippen LogP) is 2.78. The Hall–Kier alpha value is -1.88. The summed E-state index contributed by atoms with van der Waals surface area (Å²) < 4.78 is 4.89. The lowest BCUT2D eigenvalue weighted by atomic mass is 9.93. The minimum absolute atomic E-state index is 0.285. The van der Waals surface area contributed by atoms with E-state index in [1.807, 2.05) is 19.1 Å². The molecule has 0 aliphatic carbocycles. The van der Waals surface area contributed by atoms with E-state index < -0.39 is 0 Å². The molecule has 21 heavy (non-hydrogen) atoms. The molecule has 0 amide bonds. The van der Waals surface area contributed by atoms with E-state index in [4.69, 9.17) is 17.0 Å². The van der Waals surface area contributed by atoms with Gasteiger partial charge in [-0.25, -0.2) is 4.79 Å². The van der Waals surface area contributed by atoms with Crippen LogP contribution in [0.15, 0.2) is 35.5 Å². The molecule has 0 saturated heterocycles. The Morgan fingerprint density at radius 3 is 2.43 bits per heavy atom. The quantitative estimate of drug-likeness (QED) is 0.664. The van der Waals surface area contributed by atoms with Crippen molar-refractivity contribution in [3.05, 3.63) is 46.7 Å². The van der Waals surface area contributed by atoms with E-state index in [0.29, 0.717) is 16.6 Å². The van der Waals surface area contributed by atoms with Gasteiger partial charge in [0, 0.05) is 5.70 Å². The van der Waals surface area contributed by atoms with Crippen LogP contribution in [0.25, 0.3) is 0 Å². The Balaban J connectivity index is 2.41. The van der Waals surface area contributed by atoms with Gasteiger partial charge in [0.1, 0.15) is 0 Å². The number of methoxy groups -OCH3 is 1. The summed E-state index contributed by atoms with van der Waals surface area (Å²) in [6.45, 7) is 6.13. The third kappa shape index (κ3) is 3.24. The zero-order chi connectivity index (χ0) is 15.6. The molecule has 0 fully saturated rings. The molecular weight excluding hydrogens is 284 g/mol. The summed E-state index contributed by atoms with van der Waals surface area (Å²) in [5.41, 5.74) is 3.53. The van der Waals surface area contributed by atoms with Gasteiger partial charge in [-0.2, -0.15) is 0 Å². The number of allylic oxidation sites excluding steroid dienone is 1. The third-order valence-electron chi connectivity index (χ3n) is 3.61. The van der Waals surface area contributed by atoms with Crippen LogP contribution in [0.4, 0.5) is 0 Å². The van der Waals surface area contributed by atoms with Gasteiger partial charge in [-0.1, -0.05) is 38.1 Å². The zero-order valence-electron chi connectivity index (χ0n) is 12.7. The van der Waals surface area contributed by atoms with Gasteiger partial charge < -0.3 is 15.4 Å². The van der Waals surface area contributed by atoms with Crippen molar-refractivity contribution in [2.45, 2.75) is 32.7 Å². The largest absolute Gasteiger partial charge is 0.466 e. The number of nitrogens with one attached hydrogen (secondary N) is 2. The number of hydrogen-bond acceptors (Lipinski definition) is 3. The number of benzene rings is 1. The topological polar surface area (TPSA) is 50.4 Å². The van der Waals surface area contributed by atoms with Gasteiger partial charge in [-0.15, -0.1) is 0 Å². The van der Waals surface area contributed by atoms with E-state index in [9.17, 15) is 4.79 Å². The lowest BCUT2D eigenvalue weighted by molar-refractivity contribution is -0.136. The summed E-state index contributed by atoms with van der Waals surface area (Å²) >= 11 is 5.19. The van der Waals surface area contributed by atoms with Gasteiger partial charge in [0.25, 0.3) is 0 Å². The second-order valence-electron chi connectivity index (χ2n) is 5.38. The zero-order valence-corrected chi connectivity index (χ0v) is 13.5. The molecule has 1 aliphatic rings. The van der Waals surface area contributed by atoms with Crippen molar-refractivity contribution in [1.82, 2.24) is 10.6 Å². The van der Waals surface area contributed by atoms with Gasteiger partial charge in [-0.05, 0) is 36.2 Å². The molecular formula is C16H20N2O2S. The van der Waals surface area contributed by atoms with Crippen LogP contribution in [-0.4, -0.2) is 18.2 Å². The molecule has 5 heteroatoms. The highest BCUT2D eigenvalue weighted by Gasteiger charge is 2.30. The van der Waals surface area contributed by atoms with Crippen molar-refractivity contribution in [3.8, 4) is 0 Å². The summed E-state index contributed by atoms with van der Waals surface area (Å²) in [6.07, 6.45) is 0. The van der Waals surface area contributed by atoms with Crippen LogP contribution in [-0.2, 0) is 9.53 Å². The monoisotopic (exact) mass is 304 g/mol. The summed E-state index contributed by atoms with van der Waals surface area (Å²) in [5.74, 6) is 0.117. The number of esters is 1. The first-order valence-corrected chi connectivity index (χ1v) is 7.31. The smallest absolute Gasteiger partial charge is 0.337 e. The molecule has 0 unspecified atom stereocenters. The fourth-order valence-electron chi connectivity index (χ4n) is 2.40. The molecule has 1 aliphatic heterocycles. The first-order chi connectivity index (χ1) is 9.93. The number of carbonyl (C=O) groups excluding carboxylic acids is 1. The van der Waals surface area contributed by atoms with Crippen LogP contribution in [0.3, 0.4) is 0 Å². The second-order valence-corrected chi connectivity index (χ2v) is 5.79. The lowest BCUT2D eigenvalue weighted by Gasteiger charge is -2.29. The average Bonchev–Trinajstić information content (AvgIpc) is 2.45. The molecule has 0 radical (unpaired) electrons. The fourth-order valence-corrected chi connectivity index (χ4v) is 2.67. The highest BCUT2D eigenvalue weighted by molar-refractivity contribution is 7.80. The number of hydrogen-bond donors (Lipinski definition) is 2. The summed E-state index contributed by atoms with van der Waals surface area (Å²) in [7, 11) is 1.38. The summed E-state index contributed by atoms with van der Waals surface area (Å²) in [5, 5.41) is 6.62. The van der Waals surface area contributed by atoms with Crippen LogP contribution >= 0.6 is 12.2 Å². The lowest BCUT2D eigenvalue weighted by Crippen LogP contribution is -2.45. The Kier molecular flexibility index (Phi) is 4.63. The summed E-state index contributed by atoms with van der Waals surface area (Å²) in [6, 6.07) is 7.93. The standard InChI is InChI=1S/C16H20N2O2S/c1-9(2)11-5-7-12(8-6-11)14-13(15(19)20-4)10(3)17-16(21)18-14/h5-9,14H,1-4H3,(H2,17,18,21)/t14-/m1/s1. The van der Waals surface area contributed by atoms with E-state index in [1.165, 1.54) is 12.7 Å². The third-order valence-corrected chi connectivity index (χ3v) is 3.83. The van der Waals surface area contributed by atoms with Gasteiger partial charge in [-0.3, -0.25) is 0 Å². The highest BCUT2D eigenvalue weighted by atomic mass is 32.1. The van der Waals surface area contributed by atoms with Crippen LogP contribution < -0.4 is 10.6 Å².